The first-order valence-electron chi connectivity index (χ1n) is 4.40. The second kappa shape index (κ2) is 3.35. The maximum Gasteiger partial charge on any atom is 0.152 e. The largest absolute Gasteiger partial charge is 0.307 e. The van der Waals surface area contributed by atoms with Gasteiger partial charge in [0.05, 0.1) is 6.04 Å². The quantitative estimate of drug-likeness (QED) is 0.649. The van der Waals surface area contributed by atoms with E-state index >= 15 is 0 Å². The van der Waals surface area contributed by atoms with Crippen LogP contribution in [0, 0.1) is 11.8 Å². The molecule has 0 amide bonds. The van der Waals surface area contributed by atoms with Crippen molar-refractivity contribution >= 4 is 5.78 Å². The molecule has 1 saturated heterocycles. The van der Waals surface area contributed by atoms with Crippen molar-refractivity contribution in [2.24, 2.45) is 11.8 Å². The van der Waals surface area contributed by atoms with Gasteiger partial charge in [-0.15, -0.1) is 0 Å². The average Bonchev–Trinajstić information content (AvgIpc) is 2.33. The van der Waals surface area contributed by atoms with Crippen LogP contribution < -0.4 is 5.32 Å². The van der Waals surface area contributed by atoms with Crippen molar-refractivity contribution in [3.8, 4) is 0 Å². The van der Waals surface area contributed by atoms with Crippen LogP contribution in [0.2, 0.25) is 0 Å². The normalized spacial score (nSPS) is 31.3. The molecule has 0 spiro atoms. The van der Waals surface area contributed by atoms with E-state index in [-0.39, 0.29) is 12.0 Å². The molecule has 1 heterocycles. The minimum absolute atomic E-state index is 0.134. The maximum absolute atomic E-state index is 11.5. The van der Waals surface area contributed by atoms with E-state index in [1.54, 1.807) is 0 Å². The number of carbonyl (C=O) groups excluding carboxylic acids is 1. The molecule has 1 N–H and O–H groups in total. The summed E-state index contributed by atoms with van der Waals surface area (Å²) in [7, 11) is 0. The summed E-state index contributed by atoms with van der Waals surface area (Å²) >= 11 is 0. The Morgan fingerprint density at radius 3 is 2.55 bits per heavy atom. The van der Waals surface area contributed by atoms with Crippen LogP contribution in [0.25, 0.3) is 0 Å². The Balaban J connectivity index is 2.53. The molecule has 64 valence electrons. The standard InChI is InChI=1S/C9H17NO/c1-6(2)9(11)8-7(3)4-5-10-8/h6-8,10H,4-5H2,1-3H3/t7-,8?/m1/s1. The lowest BCUT2D eigenvalue weighted by Crippen LogP contribution is -2.37. The van der Waals surface area contributed by atoms with Crippen LogP contribution in [0.1, 0.15) is 27.2 Å². The van der Waals surface area contributed by atoms with Crippen molar-refractivity contribution in [3.63, 3.8) is 0 Å². The molecule has 0 bridgehead atoms. The lowest BCUT2D eigenvalue weighted by Gasteiger charge is -2.16. The summed E-state index contributed by atoms with van der Waals surface area (Å²) in [6.07, 6.45) is 1.14. The van der Waals surface area contributed by atoms with Crippen molar-refractivity contribution in [2.75, 3.05) is 6.54 Å². The third-order valence-corrected chi connectivity index (χ3v) is 2.41. The third-order valence-electron chi connectivity index (χ3n) is 2.41. The van der Waals surface area contributed by atoms with Gasteiger partial charge in [-0.25, -0.2) is 0 Å². The molecule has 2 atom stereocenters. The first kappa shape index (κ1) is 8.72. The monoisotopic (exact) mass is 155 g/mol. The molecule has 1 unspecified atom stereocenters. The van der Waals surface area contributed by atoms with Crippen molar-refractivity contribution in [1.29, 1.82) is 0 Å². The van der Waals surface area contributed by atoms with Crippen molar-refractivity contribution < 1.29 is 4.79 Å². The molecule has 0 aromatic rings. The fourth-order valence-electron chi connectivity index (χ4n) is 1.57. The molecular weight excluding hydrogens is 138 g/mol. The molecular formula is C9H17NO. The molecule has 2 heteroatoms. The highest BCUT2D eigenvalue weighted by Gasteiger charge is 2.30. The fraction of sp³-hybridized carbons (Fsp3) is 0.889. The van der Waals surface area contributed by atoms with Crippen LogP contribution in [-0.2, 0) is 4.79 Å². The summed E-state index contributed by atoms with van der Waals surface area (Å²) in [5, 5.41) is 3.24. The molecule has 0 aromatic heterocycles. The molecule has 11 heavy (non-hydrogen) atoms. The van der Waals surface area contributed by atoms with Crippen LogP contribution in [0.3, 0.4) is 0 Å². The molecule has 0 saturated carbocycles. The number of carbonyl (C=O) groups is 1. The summed E-state index contributed by atoms with van der Waals surface area (Å²) in [5.74, 6) is 1.08. The van der Waals surface area contributed by atoms with Gasteiger partial charge in [-0.3, -0.25) is 4.79 Å². The predicted octanol–water partition coefficient (Wildman–Crippen LogP) is 1.21. The lowest BCUT2D eigenvalue weighted by molar-refractivity contribution is -0.124. The highest BCUT2D eigenvalue weighted by molar-refractivity contribution is 5.86. The molecule has 1 fully saturated rings. The van der Waals surface area contributed by atoms with Gasteiger partial charge < -0.3 is 5.32 Å². The Labute approximate surface area is 68.4 Å². The van der Waals surface area contributed by atoms with Crippen LogP contribution >= 0.6 is 0 Å². The van der Waals surface area contributed by atoms with E-state index in [1.165, 1.54) is 0 Å². The highest BCUT2D eigenvalue weighted by Crippen LogP contribution is 2.17. The van der Waals surface area contributed by atoms with Crippen LogP contribution in [-0.4, -0.2) is 18.4 Å². The number of nitrogens with one attached hydrogen (secondary N) is 1. The molecule has 1 aliphatic rings. The molecule has 1 rings (SSSR count). The average molecular weight is 155 g/mol. The van der Waals surface area contributed by atoms with Gasteiger partial charge in [-0.05, 0) is 18.9 Å². The summed E-state index contributed by atoms with van der Waals surface area (Å²) in [6, 6.07) is 0.134. The zero-order chi connectivity index (χ0) is 8.43. The zero-order valence-corrected chi connectivity index (χ0v) is 7.55. The topological polar surface area (TPSA) is 29.1 Å². The van der Waals surface area contributed by atoms with E-state index in [1.807, 2.05) is 13.8 Å². The van der Waals surface area contributed by atoms with Crippen LogP contribution in [0.4, 0.5) is 0 Å². The number of hydrogen-bond acceptors (Lipinski definition) is 2. The van der Waals surface area contributed by atoms with Gasteiger partial charge >= 0.3 is 0 Å². The van der Waals surface area contributed by atoms with Gasteiger partial charge in [-0.1, -0.05) is 20.8 Å². The molecule has 0 radical (unpaired) electrons. The molecule has 0 aromatic carbocycles. The summed E-state index contributed by atoms with van der Waals surface area (Å²) < 4.78 is 0. The minimum atomic E-state index is 0.134. The van der Waals surface area contributed by atoms with Gasteiger partial charge in [0.15, 0.2) is 5.78 Å². The second-order valence-corrected chi connectivity index (χ2v) is 3.75. The zero-order valence-electron chi connectivity index (χ0n) is 7.55. The van der Waals surface area contributed by atoms with E-state index in [0.717, 1.165) is 13.0 Å². The Kier molecular flexibility index (Phi) is 2.66. The van der Waals surface area contributed by atoms with Crippen molar-refractivity contribution in [3.05, 3.63) is 0 Å². The lowest BCUT2D eigenvalue weighted by atomic mass is 9.93. The van der Waals surface area contributed by atoms with E-state index in [4.69, 9.17) is 0 Å². The molecule has 0 aliphatic carbocycles. The smallest absolute Gasteiger partial charge is 0.152 e. The second-order valence-electron chi connectivity index (χ2n) is 3.75. The van der Waals surface area contributed by atoms with Crippen LogP contribution in [0.15, 0.2) is 0 Å². The van der Waals surface area contributed by atoms with E-state index in [9.17, 15) is 4.79 Å². The predicted molar refractivity (Wildman–Crippen MR) is 45.4 cm³/mol. The van der Waals surface area contributed by atoms with Gasteiger partial charge in [0.2, 0.25) is 0 Å². The van der Waals surface area contributed by atoms with E-state index in [2.05, 4.69) is 12.2 Å². The van der Waals surface area contributed by atoms with Gasteiger partial charge in [-0.2, -0.15) is 0 Å². The molecule has 2 nitrogen and oxygen atoms in total. The Bertz CT molecular complexity index is 154. The maximum atomic E-state index is 11.5. The third kappa shape index (κ3) is 1.80. The fourth-order valence-corrected chi connectivity index (χ4v) is 1.57. The van der Waals surface area contributed by atoms with Gasteiger partial charge in [0.1, 0.15) is 0 Å². The first-order valence-corrected chi connectivity index (χ1v) is 4.40. The number of Topliss-reactive ketones (excluding diaryl/α,β-unsaturated/α-hetero) is 1. The Hall–Kier alpha value is -0.370. The summed E-state index contributed by atoms with van der Waals surface area (Å²) in [4.78, 5) is 11.5. The Morgan fingerprint density at radius 2 is 2.18 bits per heavy atom. The molecule has 1 aliphatic heterocycles. The number of hydrogen-bond donors (Lipinski definition) is 1. The van der Waals surface area contributed by atoms with Crippen molar-refractivity contribution in [1.82, 2.24) is 5.32 Å². The number of rotatable bonds is 2. The minimum Gasteiger partial charge on any atom is -0.307 e. The van der Waals surface area contributed by atoms with E-state index in [0.29, 0.717) is 11.7 Å². The van der Waals surface area contributed by atoms with Gasteiger partial charge in [0, 0.05) is 5.92 Å². The highest BCUT2D eigenvalue weighted by atomic mass is 16.1. The van der Waals surface area contributed by atoms with Gasteiger partial charge in [0.25, 0.3) is 0 Å². The van der Waals surface area contributed by atoms with Crippen molar-refractivity contribution in [2.45, 2.75) is 33.2 Å². The summed E-state index contributed by atoms with van der Waals surface area (Å²) in [5.41, 5.74) is 0. The first-order chi connectivity index (χ1) is 5.13. The Morgan fingerprint density at radius 1 is 1.55 bits per heavy atom. The van der Waals surface area contributed by atoms with Crippen LogP contribution in [0.5, 0.6) is 0 Å². The van der Waals surface area contributed by atoms with E-state index < -0.39 is 0 Å². The SMILES string of the molecule is CC(C)C(=O)C1NCC[C@H]1C. The number of ketones is 1. The summed E-state index contributed by atoms with van der Waals surface area (Å²) in [6.45, 7) is 7.08.